The van der Waals surface area contributed by atoms with Crippen molar-refractivity contribution in [2.75, 3.05) is 27.7 Å². The van der Waals surface area contributed by atoms with Gasteiger partial charge in [-0.1, -0.05) is 18.2 Å². The van der Waals surface area contributed by atoms with E-state index in [1.807, 2.05) is 24.3 Å². The van der Waals surface area contributed by atoms with Gasteiger partial charge in [-0.3, -0.25) is 4.79 Å². The van der Waals surface area contributed by atoms with Gasteiger partial charge in [0.05, 0.1) is 7.11 Å². The number of carbonyl (C=O) groups is 1. The average molecular weight is 250 g/mol. The van der Waals surface area contributed by atoms with E-state index < -0.39 is 0 Å². The molecule has 0 fully saturated rings. The van der Waals surface area contributed by atoms with E-state index in [0.29, 0.717) is 13.0 Å². The molecule has 1 unspecified atom stereocenters. The molecule has 0 aliphatic carbocycles. The molecule has 0 bridgehead atoms. The molecule has 0 saturated heterocycles. The van der Waals surface area contributed by atoms with Gasteiger partial charge in [-0.2, -0.15) is 0 Å². The van der Waals surface area contributed by atoms with Gasteiger partial charge in [0.2, 0.25) is 5.91 Å². The van der Waals surface area contributed by atoms with Crippen LogP contribution in [0.15, 0.2) is 24.3 Å². The van der Waals surface area contributed by atoms with Gasteiger partial charge in [-0.05, 0) is 24.6 Å². The maximum absolute atomic E-state index is 11.6. The second-order valence-corrected chi connectivity index (χ2v) is 4.50. The number of carbonyl (C=O) groups excluding carboxylic acids is 1. The van der Waals surface area contributed by atoms with Crippen molar-refractivity contribution < 1.29 is 9.53 Å². The van der Waals surface area contributed by atoms with Gasteiger partial charge in [0, 0.05) is 26.4 Å². The van der Waals surface area contributed by atoms with Crippen LogP contribution in [0.1, 0.15) is 24.3 Å². The summed E-state index contributed by atoms with van der Waals surface area (Å²) in [4.78, 5) is 13.2. The predicted octanol–water partition coefficient (Wildman–Crippen LogP) is 1.61. The maximum Gasteiger partial charge on any atom is 0.222 e. The first-order chi connectivity index (χ1) is 8.60. The van der Waals surface area contributed by atoms with Gasteiger partial charge in [0.1, 0.15) is 5.75 Å². The highest BCUT2D eigenvalue weighted by Crippen LogP contribution is 2.29. The molecule has 0 aliphatic rings. The fraction of sp³-hybridized carbons (Fsp3) is 0.500. The van der Waals surface area contributed by atoms with Crippen LogP contribution in [0.5, 0.6) is 5.75 Å². The van der Waals surface area contributed by atoms with E-state index >= 15 is 0 Å². The van der Waals surface area contributed by atoms with Crippen LogP contribution in [0, 0.1) is 0 Å². The lowest BCUT2D eigenvalue weighted by atomic mass is 9.93. The van der Waals surface area contributed by atoms with Crippen molar-refractivity contribution in [3.8, 4) is 5.75 Å². The Labute approximate surface area is 109 Å². The molecule has 1 aromatic rings. The summed E-state index contributed by atoms with van der Waals surface area (Å²) < 4.78 is 5.33. The quantitative estimate of drug-likeness (QED) is 0.834. The Morgan fingerprint density at radius 3 is 2.61 bits per heavy atom. The molecule has 0 heterocycles. The number of rotatable bonds is 6. The van der Waals surface area contributed by atoms with E-state index in [0.717, 1.165) is 17.7 Å². The first-order valence-electron chi connectivity index (χ1n) is 6.13. The minimum Gasteiger partial charge on any atom is -0.496 e. The Morgan fingerprint density at radius 2 is 2.06 bits per heavy atom. The highest BCUT2D eigenvalue weighted by molar-refractivity contribution is 5.75. The number of nitrogens with zero attached hydrogens (tertiary/aromatic N) is 1. The van der Waals surface area contributed by atoms with Crippen molar-refractivity contribution in [3.63, 3.8) is 0 Å². The van der Waals surface area contributed by atoms with Crippen LogP contribution in [0.4, 0.5) is 0 Å². The average Bonchev–Trinajstić information content (AvgIpc) is 2.39. The first-order valence-corrected chi connectivity index (χ1v) is 6.13. The lowest BCUT2D eigenvalue weighted by molar-refractivity contribution is -0.128. The Kier molecular flexibility index (Phi) is 5.65. The van der Waals surface area contributed by atoms with Gasteiger partial charge in [0.15, 0.2) is 0 Å². The lowest BCUT2D eigenvalue weighted by Crippen LogP contribution is -2.23. The lowest BCUT2D eigenvalue weighted by Gasteiger charge is -2.19. The zero-order valence-electron chi connectivity index (χ0n) is 11.3. The van der Waals surface area contributed by atoms with Gasteiger partial charge >= 0.3 is 0 Å². The molecular weight excluding hydrogens is 228 g/mol. The van der Waals surface area contributed by atoms with E-state index in [1.54, 1.807) is 26.1 Å². The highest BCUT2D eigenvalue weighted by atomic mass is 16.5. The van der Waals surface area contributed by atoms with E-state index in [1.165, 1.54) is 0 Å². The molecule has 4 nitrogen and oxygen atoms in total. The highest BCUT2D eigenvalue weighted by Gasteiger charge is 2.16. The summed E-state index contributed by atoms with van der Waals surface area (Å²) in [5.41, 5.74) is 6.89. The standard InChI is InChI=1S/C14H22N2O2/c1-16(2)14(17)9-8-11(10-15)12-6-4-5-7-13(12)18-3/h4-7,11H,8-10,15H2,1-3H3. The number of methoxy groups -OCH3 is 1. The normalized spacial score (nSPS) is 12.0. The first kappa shape index (κ1) is 14.5. The fourth-order valence-corrected chi connectivity index (χ4v) is 1.93. The van der Waals surface area contributed by atoms with Gasteiger partial charge < -0.3 is 15.4 Å². The molecule has 0 saturated carbocycles. The minimum atomic E-state index is 0.128. The molecule has 1 amide bonds. The Balaban J connectivity index is 2.74. The predicted molar refractivity (Wildman–Crippen MR) is 72.7 cm³/mol. The number of amides is 1. The van der Waals surface area contributed by atoms with Crippen LogP contribution in [-0.2, 0) is 4.79 Å². The van der Waals surface area contributed by atoms with Crippen molar-refractivity contribution in [2.45, 2.75) is 18.8 Å². The van der Waals surface area contributed by atoms with Crippen molar-refractivity contribution in [2.24, 2.45) is 5.73 Å². The van der Waals surface area contributed by atoms with Crippen LogP contribution in [0.3, 0.4) is 0 Å². The van der Waals surface area contributed by atoms with Crippen LogP contribution < -0.4 is 10.5 Å². The Hall–Kier alpha value is -1.55. The van der Waals surface area contributed by atoms with E-state index in [4.69, 9.17) is 10.5 Å². The Morgan fingerprint density at radius 1 is 1.39 bits per heavy atom. The molecule has 1 atom stereocenters. The van der Waals surface area contributed by atoms with E-state index in [9.17, 15) is 4.79 Å². The summed E-state index contributed by atoms with van der Waals surface area (Å²) in [6.45, 7) is 0.515. The van der Waals surface area contributed by atoms with Crippen LogP contribution in [0.25, 0.3) is 0 Å². The van der Waals surface area contributed by atoms with Crippen LogP contribution in [-0.4, -0.2) is 38.6 Å². The second kappa shape index (κ2) is 7.01. The molecule has 4 heteroatoms. The third kappa shape index (κ3) is 3.74. The van der Waals surface area contributed by atoms with Gasteiger partial charge in [0.25, 0.3) is 0 Å². The summed E-state index contributed by atoms with van der Waals surface area (Å²) in [6.07, 6.45) is 1.25. The molecular formula is C14H22N2O2. The molecule has 0 radical (unpaired) electrons. The zero-order valence-corrected chi connectivity index (χ0v) is 11.3. The van der Waals surface area contributed by atoms with Gasteiger partial charge in [-0.15, -0.1) is 0 Å². The molecule has 0 spiro atoms. The molecule has 1 rings (SSSR count). The maximum atomic E-state index is 11.6. The van der Waals surface area contributed by atoms with E-state index in [-0.39, 0.29) is 11.8 Å². The number of para-hydroxylation sites is 1. The van der Waals surface area contributed by atoms with Crippen molar-refractivity contribution in [1.82, 2.24) is 4.90 Å². The number of benzene rings is 1. The van der Waals surface area contributed by atoms with Gasteiger partial charge in [-0.25, -0.2) is 0 Å². The summed E-state index contributed by atoms with van der Waals surface area (Å²) in [6, 6.07) is 7.83. The largest absolute Gasteiger partial charge is 0.496 e. The molecule has 0 aromatic heterocycles. The van der Waals surface area contributed by atoms with Crippen molar-refractivity contribution >= 4 is 5.91 Å². The molecule has 1 aromatic carbocycles. The van der Waals surface area contributed by atoms with Crippen molar-refractivity contribution in [1.29, 1.82) is 0 Å². The molecule has 2 N–H and O–H groups in total. The second-order valence-electron chi connectivity index (χ2n) is 4.50. The van der Waals surface area contributed by atoms with Crippen LogP contribution >= 0.6 is 0 Å². The summed E-state index contributed by atoms with van der Waals surface area (Å²) in [7, 11) is 5.18. The van der Waals surface area contributed by atoms with Crippen molar-refractivity contribution in [3.05, 3.63) is 29.8 Å². The number of nitrogens with two attached hydrogens (primary N) is 1. The Bertz CT molecular complexity index is 391. The topological polar surface area (TPSA) is 55.6 Å². The summed E-state index contributed by atoms with van der Waals surface area (Å²) in [5.74, 6) is 1.12. The zero-order chi connectivity index (χ0) is 13.5. The third-order valence-electron chi connectivity index (χ3n) is 3.07. The summed E-state index contributed by atoms with van der Waals surface area (Å²) in [5, 5.41) is 0. The van der Waals surface area contributed by atoms with E-state index in [2.05, 4.69) is 0 Å². The molecule has 100 valence electrons. The molecule has 18 heavy (non-hydrogen) atoms. The van der Waals surface area contributed by atoms with Crippen LogP contribution in [0.2, 0.25) is 0 Å². The molecule has 0 aliphatic heterocycles. The minimum absolute atomic E-state index is 0.128. The number of ether oxygens (including phenoxy) is 1. The number of hydrogen-bond donors (Lipinski definition) is 1. The fourth-order valence-electron chi connectivity index (χ4n) is 1.93. The summed E-state index contributed by atoms with van der Waals surface area (Å²) >= 11 is 0. The number of hydrogen-bond acceptors (Lipinski definition) is 3. The smallest absolute Gasteiger partial charge is 0.222 e. The monoisotopic (exact) mass is 250 g/mol. The SMILES string of the molecule is COc1ccccc1C(CN)CCC(=O)N(C)C. The third-order valence-corrected chi connectivity index (χ3v) is 3.07.